The van der Waals surface area contributed by atoms with Crippen LogP contribution in [0.25, 0.3) is 0 Å². The number of sulfonamides is 1. The third-order valence-electron chi connectivity index (χ3n) is 5.18. The van der Waals surface area contributed by atoms with Crippen LogP contribution >= 0.6 is 0 Å². The Kier molecular flexibility index (Phi) is 6.71. The van der Waals surface area contributed by atoms with Gasteiger partial charge in [-0.3, -0.25) is 4.79 Å². The maximum absolute atomic E-state index is 12.3. The molecule has 9 nitrogen and oxygen atoms in total. The Balaban J connectivity index is 1.42. The average molecular weight is 412 g/mol. The van der Waals surface area contributed by atoms with E-state index in [1.165, 1.54) is 23.4 Å². The van der Waals surface area contributed by atoms with Crippen molar-refractivity contribution in [3.63, 3.8) is 0 Å². The van der Waals surface area contributed by atoms with E-state index < -0.39 is 10.0 Å². The van der Waals surface area contributed by atoms with Gasteiger partial charge >= 0.3 is 0 Å². The first-order valence-corrected chi connectivity index (χ1v) is 11.6. The topological polar surface area (TPSA) is 105 Å². The fourth-order valence-electron chi connectivity index (χ4n) is 3.63. The molecule has 3 heterocycles. The summed E-state index contributed by atoms with van der Waals surface area (Å²) in [6.45, 7) is 5.35. The van der Waals surface area contributed by atoms with Crippen molar-refractivity contribution in [3.8, 4) is 5.88 Å². The van der Waals surface area contributed by atoms with Crippen molar-refractivity contribution in [1.29, 1.82) is 0 Å². The Hall–Kier alpha value is -1.94. The molecule has 0 spiro atoms. The van der Waals surface area contributed by atoms with Crippen LogP contribution in [-0.4, -0.2) is 74.2 Å². The van der Waals surface area contributed by atoms with Gasteiger partial charge in [0.05, 0.1) is 12.8 Å². The molecule has 0 atom stereocenters. The lowest BCUT2D eigenvalue weighted by molar-refractivity contribution is -0.126. The quantitative estimate of drug-likeness (QED) is 0.653. The Labute approximate surface area is 166 Å². The van der Waals surface area contributed by atoms with E-state index >= 15 is 0 Å². The zero-order valence-electron chi connectivity index (χ0n) is 16.6. The first-order valence-electron chi connectivity index (χ1n) is 9.79. The summed E-state index contributed by atoms with van der Waals surface area (Å²) in [7, 11) is -3.17. The van der Waals surface area contributed by atoms with E-state index in [1.807, 2.05) is 13.0 Å². The molecule has 0 aliphatic carbocycles. The summed E-state index contributed by atoms with van der Waals surface area (Å²) in [6.07, 6.45) is 4.64. The molecular weight excluding hydrogens is 382 g/mol. The van der Waals surface area contributed by atoms with Gasteiger partial charge in [0.1, 0.15) is 18.2 Å². The fourth-order valence-corrected chi connectivity index (χ4v) is 4.51. The van der Waals surface area contributed by atoms with E-state index in [2.05, 4.69) is 20.2 Å². The van der Waals surface area contributed by atoms with Gasteiger partial charge in [-0.15, -0.1) is 0 Å². The lowest BCUT2D eigenvalue weighted by atomic mass is 9.97. The molecule has 0 radical (unpaired) electrons. The Bertz CT molecular complexity index is 787. The molecule has 1 aromatic heterocycles. The highest BCUT2D eigenvalue weighted by Gasteiger charge is 2.28. The summed E-state index contributed by atoms with van der Waals surface area (Å²) in [5, 5.41) is 2.87. The van der Waals surface area contributed by atoms with Gasteiger partial charge in [0.25, 0.3) is 0 Å². The van der Waals surface area contributed by atoms with Gasteiger partial charge in [-0.05, 0) is 32.6 Å². The Morgan fingerprint density at radius 1 is 1.21 bits per heavy atom. The van der Waals surface area contributed by atoms with Gasteiger partial charge in [0, 0.05) is 38.2 Å². The number of anilines is 1. The number of ether oxygens (including phenoxy) is 1. The Morgan fingerprint density at radius 3 is 2.54 bits per heavy atom. The van der Waals surface area contributed by atoms with Crippen LogP contribution in [-0.2, 0) is 14.8 Å². The van der Waals surface area contributed by atoms with Crippen LogP contribution in [0.1, 0.15) is 31.5 Å². The number of amides is 1. The third kappa shape index (κ3) is 5.54. The number of aryl methyl sites for hydroxylation is 1. The first kappa shape index (κ1) is 20.8. The van der Waals surface area contributed by atoms with Crippen LogP contribution in [0.2, 0.25) is 0 Å². The van der Waals surface area contributed by atoms with Gasteiger partial charge in [-0.1, -0.05) is 0 Å². The number of aromatic nitrogens is 2. The zero-order chi connectivity index (χ0) is 20.1. The number of carbonyl (C=O) groups excluding carboxylic acids is 1. The summed E-state index contributed by atoms with van der Waals surface area (Å²) < 4.78 is 30.2. The predicted octanol–water partition coefficient (Wildman–Crippen LogP) is 0.552. The van der Waals surface area contributed by atoms with E-state index in [9.17, 15) is 13.2 Å². The van der Waals surface area contributed by atoms with Gasteiger partial charge in [-0.2, -0.15) is 4.98 Å². The van der Waals surface area contributed by atoms with Gasteiger partial charge < -0.3 is 15.0 Å². The number of carbonyl (C=O) groups is 1. The maximum Gasteiger partial charge on any atom is 0.223 e. The minimum absolute atomic E-state index is 0.0478. The normalized spacial score (nSPS) is 19.0. The molecule has 0 unspecified atom stereocenters. The smallest absolute Gasteiger partial charge is 0.223 e. The summed E-state index contributed by atoms with van der Waals surface area (Å²) in [5.74, 6) is 1.88. The summed E-state index contributed by atoms with van der Waals surface area (Å²) in [4.78, 5) is 23.3. The van der Waals surface area contributed by atoms with E-state index in [-0.39, 0.29) is 11.8 Å². The van der Waals surface area contributed by atoms with Crippen LogP contribution in [0.4, 0.5) is 5.82 Å². The van der Waals surface area contributed by atoms with Crippen molar-refractivity contribution in [3.05, 3.63) is 11.9 Å². The van der Waals surface area contributed by atoms with Gasteiger partial charge in [0.2, 0.25) is 21.8 Å². The second kappa shape index (κ2) is 9.04. The van der Waals surface area contributed by atoms with Crippen LogP contribution in [0.3, 0.4) is 0 Å². The zero-order valence-corrected chi connectivity index (χ0v) is 17.4. The standard InChI is InChI=1S/C18H29N5O4S/c1-14-20-16(22-8-3-4-9-22)13-17(21-14)27-12-7-19-18(24)15-5-10-23(11-6-15)28(2,25)26/h13,15H,3-12H2,1-2H3,(H,19,24). The molecule has 2 saturated heterocycles. The fraction of sp³-hybridized carbons (Fsp3) is 0.722. The van der Waals surface area contributed by atoms with Crippen LogP contribution in [0.5, 0.6) is 5.88 Å². The third-order valence-corrected chi connectivity index (χ3v) is 6.48. The second-order valence-electron chi connectivity index (χ2n) is 7.38. The SMILES string of the molecule is Cc1nc(OCCNC(=O)C2CCN(S(C)(=O)=O)CC2)cc(N2CCCC2)n1. The molecule has 0 aromatic carbocycles. The average Bonchev–Trinajstić information content (AvgIpc) is 3.19. The molecule has 1 N–H and O–H groups in total. The summed E-state index contributed by atoms with van der Waals surface area (Å²) in [6, 6.07) is 1.85. The molecule has 1 amide bonds. The number of piperidine rings is 1. The molecule has 1 aromatic rings. The largest absolute Gasteiger partial charge is 0.476 e. The Morgan fingerprint density at radius 2 is 1.89 bits per heavy atom. The van der Waals surface area contributed by atoms with Crippen molar-refractivity contribution in [2.24, 2.45) is 5.92 Å². The molecular formula is C18H29N5O4S. The summed E-state index contributed by atoms with van der Waals surface area (Å²) in [5.41, 5.74) is 0. The summed E-state index contributed by atoms with van der Waals surface area (Å²) >= 11 is 0. The van der Waals surface area contributed by atoms with Crippen molar-refractivity contribution >= 4 is 21.7 Å². The van der Waals surface area contributed by atoms with Crippen molar-refractivity contribution < 1.29 is 17.9 Å². The number of nitrogens with one attached hydrogen (secondary N) is 1. The lowest BCUT2D eigenvalue weighted by Gasteiger charge is -2.29. The molecule has 0 saturated carbocycles. The highest BCUT2D eigenvalue weighted by molar-refractivity contribution is 7.88. The monoisotopic (exact) mass is 411 g/mol. The highest BCUT2D eigenvalue weighted by Crippen LogP contribution is 2.22. The van der Waals surface area contributed by atoms with E-state index in [4.69, 9.17) is 4.74 Å². The predicted molar refractivity (Wildman–Crippen MR) is 106 cm³/mol. The molecule has 3 rings (SSSR count). The van der Waals surface area contributed by atoms with Gasteiger partial charge in [-0.25, -0.2) is 17.7 Å². The van der Waals surface area contributed by atoms with E-state index in [1.54, 1.807) is 0 Å². The molecule has 2 aliphatic rings. The van der Waals surface area contributed by atoms with E-state index in [0.29, 0.717) is 50.8 Å². The molecule has 156 valence electrons. The van der Waals surface area contributed by atoms with Crippen molar-refractivity contribution in [2.45, 2.75) is 32.6 Å². The van der Waals surface area contributed by atoms with E-state index in [0.717, 1.165) is 18.9 Å². The van der Waals surface area contributed by atoms with Crippen molar-refractivity contribution in [1.82, 2.24) is 19.6 Å². The molecule has 0 bridgehead atoms. The molecule has 10 heteroatoms. The number of nitrogens with zero attached hydrogens (tertiary/aromatic N) is 4. The number of rotatable bonds is 7. The number of hydrogen-bond acceptors (Lipinski definition) is 7. The van der Waals surface area contributed by atoms with Crippen LogP contribution in [0.15, 0.2) is 6.07 Å². The lowest BCUT2D eigenvalue weighted by Crippen LogP contribution is -2.43. The number of hydrogen-bond donors (Lipinski definition) is 1. The van der Waals surface area contributed by atoms with Gasteiger partial charge in [0.15, 0.2) is 0 Å². The molecule has 2 fully saturated rings. The van der Waals surface area contributed by atoms with Crippen molar-refractivity contribution in [2.75, 3.05) is 50.5 Å². The maximum atomic E-state index is 12.3. The molecule has 28 heavy (non-hydrogen) atoms. The van der Waals surface area contributed by atoms with Crippen LogP contribution < -0.4 is 15.0 Å². The first-order chi connectivity index (χ1) is 13.3. The second-order valence-corrected chi connectivity index (χ2v) is 9.36. The minimum atomic E-state index is -3.17. The highest BCUT2D eigenvalue weighted by atomic mass is 32.2. The molecule has 2 aliphatic heterocycles. The van der Waals surface area contributed by atoms with Crippen LogP contribution in [0, 0.1) is 12.8 Å². The minimum Gasteiger partial charge on any atom is -0.476 e.